The Balaban J connectivity index is 1.88. The molecule has 1 fully saturated rings. The Morgan fingerprint density at radius 3 is 2.67 bits per heavy atom. The Bertz CT molecular complexity index is 413. The van der Waals surface area contributed by atoms with Gasteiger partial charge in [0.1, 0.15) is 5.60 Å². The number of hydrogen-bond donors (Lipinski definition) is 0. The molecule has 1 aromatic rings. The van der Waals surface area contributed by atoms with Crippen LogP contribution in [0.1, 0.15) is 32.8 Å². The molecule has 0 radical (unpaired) electrons. The first kappa shape index (κ1) is 13.1. The van der Waals surface area contributed by atoms with Gasteiger partial charge in [-0.25, -0.2) is 4.79 Å². The quantitative estimate of drug-likeness (QED) is 0.594. The van der Waals surface area contributed by atoms with Crippen molar-refractivity contribution in [3.63, 3.8) is 0 Å². The average Bonchev–Trinajstić information content (AvgIpc) is 3.04. The van der Waals surface area contributed by atoms with Crippen molar-refractivity contribution < 1.29 is 14.3 Å². The van der Waals surface area contributed by atoms with Gasteiger partial charge in [-0.15, -0.1) is 0 Å². The Hall–Kier alpha value is -1.35. The van der Waals surface area contributed by atoms with Gasteiger partial charge in [-0.2, -0.15) is 0 Å². The SMILES string of the molecule is CC(C)CCOC(=O)[C@H]1O[C@]1(C)c1ccccc1. The molecule has 2 rings (SSSR count). The van der Waals surface area contributed by atoms with E-state index in [1.54, 1.807) is 0 Å². The van der Waals surface area contributed by atoms with Crippen molar-refractivity contribution in [2.45, 2.75) is 38.9 Å². The Kier molecular flexibility index (Phi) is 3.71. The highest BCUT2D eigenvalue weighted by atomic mass is 16.7. The summed E-state index contributed by atoms with van der Waals surface area (Å²) in [5.41, 5.74) is 0.520. The van der Waals surface area contributed by atoms with E-state index in [1.807, 2.05) is 37.3 Å². The van der Waals surface area contributed by atoms with E-state index >= 15 is 0 Å². The molecule has 0 saturated carbocycles. The van der Waals surface area contributed by atoms with Crippen LogP contribution >= 0.6 is 0 Å². The predicted octanol–water partition coefficient (Wildman–Crippen LogP) is 2.89. The molecule has 0 N–H and O–H groups in total. The molecule has 0 spiro atoms. The molecule has 1 heterocycles. The molecule has 0 bridgehead atoms. The minimum absolute atomic E-state index is 0.248. The van der Waals surface area contributed by atoms with E-state index in [4.69, 9.17) is 9.47 Å². The molecule has 1 aliphatic rings. The molecule has 0 aliphatic carbocycles. The molecule has 98 valence electrons. The lowest BCUT2D eigenvalue weighted by molar-refractivity contribution is -0.145. The lowest BCUT2D eigenvalue weighted by Crippen LogP contribution is -2.19. The summed E-state index contributed by atoms with van der Waals surface area (Å²) in [5.74, 6) is 0.292. The molecule has 1 saturated heterocycles. The second-order valence-electron chi connectivity index (χ2n) is 5.32. The maximum Gasteiger partial charge on any atom is 0.338 e. The molecular weight excluding hydrogens is 228 g/mol. The van der Waals surface area contributed by atoms with Gasteiger partial charge in [-0.1, -0.05) is 44.2 Å². The molecule has 0 aromatic heterocycles. The molecule has 2 atom stereocenters. The Labute approximate surface area is 108 Å². The van der Waals surface area contributed by atoms with Gasteiger partial charge in [0.25, 0.3) is 0 Å². The molecule has 1 aromatic carbocycles. The summed E-state index contributed by atoms with van der Waals surface area (Å²) in [6.45, 7) is 6.61. The molecule has 18 heavy (non-hydrogen) atoms. The summed E-state index contributed by atoms with van der Waals surface area (Å²) in [6, 6.07) is 9.79. The van der Waals surface area contributed by atoms with Crippen LogP contribution in [0.5, 0.6) is 0 Å². The third-order valence-corrected chi connectivity index (χ3v) is 3.31. The first-order valence-electron chi connectivity index (χ1n) is 6.44. The zero-order chi connectivity index (χ0) is 13.2. The van der Waals surface area contributed by atoms with Crippen LogP contribution in [0.25, 0.3) is 0 Å². The number of epoxide rings is 1. The standard InChI is InChI=1S/C15H20O3/c1-11(2)9-10-17-14(16)13-15(3,18-13)12-7-5-4-6-8-12/h4-8,11,13H,9-10H2,1-3H3/t13-,15-/m1/s1. The van der Waals surface area contributed by atoms with Crippen molar-refractivity contribution in [3.05, 3.63) is 35.9 Å². The minimum atomic E-state index is -0.504. The summed E-state index contributed by atoms with van der Waals surface area (Å²) in [6.07, 6.45) is 0.438. The first-order chi connectivity index (χ1) is 8.54. The maximum atomic E-state index is 11.8. The number of rotatable bonds is 5. The van der Waals surface area contributed by atoms with Crippen molar-refractivity contribution in [3.8, 4) is 0 Å². The topological polar surface area (TPSA) is 38.8 Å². The first-order valence-corrected chi connectivity index (χ1v) is 6.44. The number of carbonyl (C=O) groups is 1. The lowest BCUT2D eigenvalue weighted by Gasteiger charge is -2.08. The van der Waals surface area contributed by atoms with Gasteiger partial charge in [0.2, 0.25) is 0 Å². The third kappa shape index (κ3) is 2.72. The van der Waals surface area contributed by atoms with Gasteiger partial charge in [0, 0.05) is 0 Å². The van der Waals surface area contributed by atoms with Gasteiger partial charge in [-0.3, -0.25) is 0 Å². The van der Waals surface area contributed by atoms with Crippen LogP contribution in [0, 0.1) is 5.92 Å². The van der Waals surface area contributed by atoms with Crippen LogP contribution < -0.4 is 0 Å². The zero-order valence-electron chi connectivity index (χ0n) is 11.2. The summed E-state index contributed by atoms with van der Waals surface area (Å²) in [7, 11) is 0. The second kappa shape index (κ2) is 5.11. The number of ether oxygens (including phenoxy) is 2. The monoisotopic (exact) mass is 248 g/mol. The van der Waals surface area contributed by atoms with Crippen LogP contribution in [0.2, 0.25) is 0 Å². The van der Waals surface area contributed by atoms with E-state index in [1.165, 1.54) is 0 Å². The number of carbonyl (C=O) groups excluding carboxylic acids is 1. The van der Waals surface area contributed by atoms with Gasteiger partial charge in [-0.05, 0) is 24.8 Å². The predicted molar refractivity (Wildman–Crippen MR) is 69.1 cm³/mol. The van der Waals surface area contributed by atoms with Crippen molar-refractivity contribution in [2.24, 2.45) is 5.92 Å². The molecule has 3 heteroatoms. The van der Waals surface area contributed by atoms with E-state index < -0.39 is 11.7 Å². The van der Waals surface area contributed by atoms with Crippen LogP contribution in [0.3, 0.4) is 0 Å². The molecule has 1 aliphatic heterocycles. The lowest BCUT2D eigenvalue weighted by atomic mass is 9.97. The Morgan fingerprint density at radius 1 is 1.39 bits per heavy atom. The van der Waals surface area contributed by atoms with Crippen LogP contribution in [0.4, 0.5) is 0 Å². The smallest absolute Gasteiger partial charge is 0.338 e. The van der Waals surface area contributed by atoms with E-state index in [-0.39, 0.29) is 5.97 Å². The van der Waals surface area contributed by atoms with E-state index in [9.17, 15) is 4.79 Å². The fraction of sp³-hybridized carbons (Fsp3) is 0.533. The third-order valence-electron chi connectivity index (χ3n) is 3.31. The van der Waals surface area contributed by atoms with Gasteiger partial charge in [0.15, 0.2) is 6.10 Å². The van der Waals surface area contributed by atoms with E-state index in [2.05, 4.69) is 13.8 Å². The summed E-state index contributed by atoms with van der Waals surface area (Å²) < 4.78 is 10.8. The van der Waals surface area contributed by atoms with Crippen LogP contribution in [0.15, 0.2) is 30.3 Å². The van der Waals surface area contributed by atoms with Crippen LogP contribution in [-0.2, 0) is 19.9 Å². The maximum absolute atomic E-state index is 11.8. The van der Waals surface area contributed by atoms with Gasteiger partial charge < -0.3 is 9.47 Å². The summed E-state index contributed by atoms with van der Waals surface area (Å²) >= 11 is 0. The minimum Gasteiger partial charge on any atom is -0.464 e. The van der Waals surface area contributed by atoms with Crippen molar-refractivity contribution in [1.82, 2.24) is 0 Å². The fourth-order valence-electron chi connectivity index (χ4n) is 1.94. The Morgan fingerprint density at radius 2 is 2.06 bits per heavy atom. The largest absolute Gasteiger partial charge is 0.464 e. The second-order valence-corrected chi connectivity index (χ2v) is 5.32. The number of benzene rings is 1. The molecule has 0 unspecified atom stereocenters. The normalized spacial score (nSPS) is 26.1. The van der Waals surface area contributed by atoms with Crippen molar-refractivity contribution >= 4 is 5.97 Å². The van der Waals surface area contributed by atoms with Crippen LogP contribution in [-0.4, -0.2) is 18.7 Å². The molecule has 3 nitrogen and oxygen atoms in total. The van der Waals surface area contributed by atoms with Crippen molar-refractivity contribution in [2.75, 3.05) is 6.61 Å². The average molecular weight is 248 g/mol. The van der Waals surface area contributed by atoms with E-state index in [0.29, 0.717) is 12.5 Å². The summed E-state index contributed by atoms with van der Waals surface area (Å²) in [5, 5.41) is 0. The van der Waals surface area contributed by atoms with Gasteiger partial charge >= 0.3 is 5.97 Å². The van der Waals surface area contributed by atoms with E-state index in [0.717, 1.165) is 12.0 Å². The zero-order valence-corrected chi connectivity index (χ0v) is 11.2. The molecular formula is C15H20O3. The number of esters is 1. The van der Waals surface area contributed by atoms with Gasteiger partial charge in [0.05, 0.1) is 6.61 Å². The highest BCUT2D eigenvalue weighted by Gasteiger charge is 2.59. The molecule has 0 amide bonds. The highest BCUT2D eigenvalue weighted by Crippen LogP contribution is 2.46. The number of hydrogen-bond acceptors (Lipinski definition) is 3. The summed E-state index contributed by atoms with van der Waals surface area (Å²) in [4.78, 5) is 11.8. The fourth-order valence-corrected chi connectivity index (χ4v) is 1.94. The van der Waals surface area contributed by atoms with Crippen molar-refractivity contribution in [1.29, 1.82) is 0 Å². The highest BCUT2D eigenvalue weighted by molar-refractivity contribution is 5.79.